The van der Waals surface area contributed by atoms with Crippen molar-refractivity contribution in [2.75, 3.05) is 0 Å². The van der Waals surface area contributed by atoms with Gasteiger partial charge in [0.2, 0.25) is 0 Å². The molecule has 0 saturated carbocycles. The first kappa shape index (κ1) is 27.5. The fourth-order valence-corrected chi connectivity index (χ4v) is 2.71. The predicted molar refractivity (Wildman–Crippen MR) is 133 cm³/mol. The van der Waals surface area contributed by atoms with E-state index in [-0.39, 0.29) is 19.5 Å². The molecule has 33 heavy (non-hydrogen) atoms. The van der Waals surface area contributed by atoms with E-state index in [1.807, 2.05) is 48.5 Å². The molecule has 4 aromatic heterocycles. The van der Waals surface area contributed by atoms with Gasteiger partial charge in [0.25, 0.3) is 0 Å². The summed E-state index contributed by atoms with van der Waals surface area (Å²) in [6, 6.07) is 23.7. The quantitative estimate of drug-likeness (QED) is 0.0666. The SMILES string of the molecule is N#C[S-].[N-]=C=S.[Ru+2].c1ccc(-c2ccccn2)nc1.c1cnc2c(c1)ccc1cccnc12. The molecule has 0 aliphatic carbocycles. The van der Waals surface area contributed by atoms with E-state index in [9.17, 15) is 0 Å². The van der Waals surface area contributed by atoms with Gasteiger partial charge in [0.1, 0.15) is 0 Å². The average Bonchev–Trinajstić information content (AvgIpc) is 2.86. The van der Waals surface area contributed by atoms with Gasteiger partial charge in [0, 0.05) is 35.6 Å². The molecule has 0 saturated heterocycles. The zero-order valence-corrected chi connectivity index (χ0v) is 20.5. The second-order valence-electron chi connectivity index (χ2n) is 5.83. The first-order chi connectivity index (χ1) is 15.7. The normalized spacial score (nSPS) is 8.58. The third-order valence-electron chi connectivity index (χ3n) is 3.94. The summed E-state index contributed by atoms with van der Waals surface area (Å²) in [7, 11) is 0. The Hall–Kier alpha value is -3.53. The molecule has 0 bridgehead atoms. The number of aromatic nitrogens is 4. The summed E-state index contributed by atoms with van der Waals surface area (Å²) in [5.74, 6) is 0. The van der Waals surface area contributed by atoms with Gasteiger partial charge in [-0.15, -0.1) is 0 Å². The minimum atomic E-state index is 0. The molecule has 1 aromatic carbocycles. The number of hydrogen-bond donors (Lipinski definition) is 0. The molecule has 5 aromatic rings. The molecule has 162 valence electrons. The van der Waals surface area contributed by atoms with Gasteiger partial charge in [-0.25, -0.2) is 5.26 Å². The first-order valence-electron chi connectivity index (χ1n) is 9.18. The number of thiocarbonyl (C=S) groups is 1. The fourth-order valence-electron chi connectivity index (χ4n) is 2.71. The van der Waals surface area contributed by atoms with Gasteiger partial charge < -0.3 is 18.0 Å². The zero-order chi connectivity index (χ0) is 23.0. The van der Waals surface area contributed by atoms with E-state index in [1.54, 1.807) is 24.8 Å². The Morgan fingerprint density at radius 2 is 1.03 bits per heavy atom. The van der Waals surface area contributed by atoms with Crippen molar-refractivity contribution >= 4 is 51.8 Å². The molecular formula is C24H16N6RuS2. The predicted octanol–water partition coefficient (Wildman–Crippen LogP) is 5.60. The molecule has 0 amide bonds. The molecule has 0 radical (unpaired) electrons. The van der Waals surface area contributed by atoms with Crippen molar-refractivity contribution < 1.29 is 19.5 Å². The van der Waals surface area contributed by atoms with Crippen molar-refractivity contribution in [1.82, 2.24) is 19.9 Å². The van der Waals surface area contributed by atoms with Crippen LogP contribution in [0.3, 0.4) is 0 Å². The number of isothiocyanates is 1. The van der Waals surface area contributed by atoms with E-state index in [0.29, 0.717) is 0 Å². The van der Waals surface area contributed by atoms with Gasteiger partial charge in [-0.05, 0) is 36.4 Å². The summed E-state index contributed by atoms with van der Waals surface area (Å²) >= 11 is 7.40. The fraction of sp³-hybridized carbons (Fsp3) is 0. The molecule has 0 spiro atoms. The van der Waals surface area contributed by atoms with Crippen LogP contribution in [0.1, 0.15) is 0 Å². The Morgan fingerprint density at radius 3 is 1.36 bits per heavy atom. The maximum Gasteiger partial charge on any atom is 2.00 e. The molecule has 0 aliphatic heterocycles. The average molecular weight is 554 g/mol. The summed E-state index contributed by atoms with van der Waals surface area (Å²) in [5, 5.41) is 19.2. The van der Waals surface area contributed by atoms with Gasteiger partial charge in [0.15, 0.2) is 0 Å². The molecule has 0 N–H and O–H groups in total. The molecule has 6 nitrogen and oxygen atoms in total. The zero-order valence-electron chi connectivity index (χ0n) is 17.1. The van der Waals surface area contributed by atoms with Crippen molar-refractivity contribution in [3.05, 3.63) is 103 Å². The molecule has 4 heterocycles. The molecule has 0 fully saturated rings. The minimum absolute atomic E-state index is 0. The van der Waals surface area contributed by atoms with Gasteiger partial charge >= 0.3 is 19.5 Å². The number of nitrogens with zero attached hydrogens (tertiary/aromatic N) is 6. The van der Waals surface area contributed by atoms with E-state index in [0.717, 1.165) is 33.2 Å². The van der Waals surface area contributed by atoms with Gasteiger partial charge in [-0.3, -0.25) is 19.9 Å². The topological polar surface area (TPSA) is 97.7 Å². The number of nitriles is 1. The van der Waals surface area contributed by atoms with Gasteiger partial charge in [-0.1, -0.05) is 54.0 Å². The number of thiocyanates is 1. The molecule has 0 unspecified atom stereocenters. The molecule has 0 atom stereocenters. The Bertz CT molecular complexity index is 1230. The Kier molecular flexibility index (Phi) is 13.5. The van der Waals surface area contributed by atoms with Crippen LogP contribution in [0.5, 0.6) is 0 Å². The second-order valence-corrected chi connectivity index (χ2v) is 6.19. The first-order valence-corrected chi connectivity index (χ1v) is 10.00. The van der Waals surface area contributed by atoms with Crippen LogP contribution in [0.4, 0.5) is 0 Å². The largest absolute Gasteiger partial charge is 2.00 e. The summed E-state index contributed by atoms with van der Waals surface area (Å²) in [5.41, 5.74) is 3.78. The van der Waals surface area contributed by atoms with Crippen LogP contribution < -0.4 is 0 Å². The summed E-state index contributed by atoms with van der Waals surface area (Å²) in [4.78, 5) is 17.1. The summed E-state index contributed by atoms with van der Waals surface area (Å²) in [6.07, 6.45) is 7.14. The van der Waals surface area contributed by atoms with Gasteiger partial charge in [0.05, 0.1) is 22.4 Å². The van der Waals surface area contributed by atoms with Crippen LogP contribution in [0.15, 0.2) is 97.6 Å². The van der Waals surface area contributed by atoms with Crippen molar-refractivity contribution in [1.29, 1.82) is 5.26 Å². The minimum Gasteiger partial charge on any atom is -0.753 e. The maximum absolute atomic E-state index is 7.13. The van der Waals surface area contributed by atoms with Crippen LogP contribution in [-0.4, -0.2) is 25.1 Å². The summed E-state index contributed by atoms with van der Waals surface area (Å²) in [6.45, 7) is 0. The van der Waals surface area contributed by atoms with Crippen LogP contribution in [0.2, 0.25) is 0 Å². The van der Waals surface area contributed by atoms with E-state index in [1.165, 1.54) is 10.6 Å². The number of benzene rings is 1. The number of hydrogen-bond acceptors (Lipinski definition) is 7. The van der Waals surface area contributed by atoms with Crippen molar-refractivity contribution in [2.45, 2.75) is 0 Å². The molecule has 9 heteroatoms. The monoisotopic (exact) mass is 554 g/mol. The molecule has 0 aliphatic rings. The molecule has 5 rings (SSSR count). The van der Waals surface area contributed by atoms with Crippen LogP contribution >= 0.6 is 12.2 Å². The van der Waals surface area contributed by atoms with E-state index in [4.69, 9.17) is 10.7 Å². The van der Waals surface area contributed by atoms with Crippen molar-refractivity contribution in [3.63, 3.8) is 0 Å². The standard InChI is InChI=1S/C12H8N2.C10H8N2.CHNS.CNS.Ru/c1-3-9-5-6-10-4-2-8-14-12(10)11(9)13-7-1;1-3-7-11-9(5-1)10-6-2-4-8-12-10;2*2-1-3;/h1-8H;1-8H;3H;;/q;;;-1;+2/p-1. The van der Waals surface area contributed by atoms with Crippen LogP contribution in [0.25, 0.3) is 38.6 Å². The number of pyridine rings is 4. The maximum atomic E-state index is 7.13. The molecular weight excluding hydrogens is 538 g/mol. The third kappa shape index (κ3) is 8.85. The van der Waals surface area contributed by atoms with E-state index in [2.05, 4.69) is 69.0 Å². The Morgan fingerprint density at radius 1 is 0.667 bits per heavy atom. The van der Waals surface area contributed by atoms with Crippen molar-refractivity contribution in [3.8, 4) is 16.8 Å². The second kappa shape index (κ2) is 16.2. The van der Waals surface area contributed by atoms with Gasteiger partial charge in [-0.2, -0.15) is 5.16 Å². The number of rotatable bonds is 1. The van der Waals surface area contributed by atoms with E-state index < -0.39 is 0 Å². The van der Waals surface area contributed by atoms with E-state index >= 15 is 0 Å². The van der Waals surface area contributed by atoms with Crippen LogP contribution in [0, 0.1) is 10.7 Å². The third-order valence-corrected chi connectivity index (χ3v) is 3.94. The number of fused-ring (bicyclic) bond motifs is 3. The van der Waals surface area contributed by atoms with Crippen molar-refractivity contribution in [2.24, 2.45) is 0 Å². The Labute approximate surface area is 215 Å². The smallest absolute Gasteiger partial charge is 0.753 e. The van der Waals surface area contributed by atoms with Crippen LogP contribution in [-0.2, 0) is 32.1 Å². The summed E-state index contributed by atoms with van der Waals surface area (Å²) < 4.78 is 0. The Balaban J connectivity index is 0.000000263.